The number of nitriles is 1. The molecule has 0 saturated carbocycles. The van der Waals surface area contributed by atoms with Crippen molar-refractivity contribution < 1.29 is 18.0 Å². The number of hydrogen-bond donors (Lipinski definition) is 2. The zero-order valence-corrected chi connectivity index (χ0v) is 15.2. The second kappa shape index (κ2) is 8.02. The third kappa shape index (κ3) is 6.16. The van der Waals surface area contributed by atoms with Crippen LogP contribution in [0, 0.1) is 17.2 Å². The molecular weight excluding hydrogens is 363 g/mol. The van der Waals surface area contributed by atoms with E-state index in [-0.39, 0.29) is 17.0 Å². The van der Waals surface area contributed by atoms with E-state index in [2.05, 4.69) is 26.9 Å². The van der Waals surface area contributed by atoms with Crippen LogP contribution in [0.1, 0.15) is 27.7 Å². The lowest BCUT2D eigenvalue weighted by Gasteiger charge is -2.28. The zero-order chi connectivity index (χ0) is 18.5. The number of aromatic nitrogens is 2. The Kier molecular flexibility index (Phi) is 6.86. The van der Waals surface area contributed by atoms with E-state index in [0.29, 0.717) is 4.34 Å². The highest BCUT2D eigenvalue weighted by atomic mass is 32.2. The molecule has 2 unspecified atom stereocenters. The van der Waals surface area contributed by atoms with Crippen molar-refractivity contribution in [2.45, 2.75) is 49.0 Å². The number of amides is 1. The largest absolute Gasteiger partial charge is 0.405 e. The van der Waals surface area contributed by atoms with Gasteiger partial charge in [0, 0.05) is 0 Å². The van der Waals surface area contributed by atoms with Crippen LogP contribution in [0.4, 0.5) is 18.3 Å². The molecule has 0 fully saturated rings. The first-order valence-electron chi connectivity index (χ1n) is 7.01. The second-order valence-electron chi connectivity index (χ2n) is 5.56. The Bertz CT molecular complexity index is 613. The molecule has 0 radical (unpaired) electrons. The minimum Gasteiger partial charge on any atom is -0.351 e. The van der Waals surface area contributed by atoms with E-state index in [0.717, 1.165) is 23.1 Å². The van der Waals surface area contributed by atoms with E-state index in [1.54, 1.807) is 13.8 Å². The molecule has 0 bridgehead atoms. The number of halogens is 3. The van der Waals surface area contributed by atoms with E-state index in [1.807, 2.05) is 13.8 Å². The molecule has 134 valence electrons. The summed E-state index contributed by atoms with van der Waals surface area (Å²) in [6.07, 6.45) is -4.34. The number of rotatable bonds is 7. The number of nitrogens with one attached hydrogen (secondary N) is 2. The fraction of sp³-hybridized carbons (Fsp3) is 0.692. The molecule has 6 nitrogen and oxygen atoms in total. The first-order valence-corrected chi connectivity index (χ1v) is 8.70. The van der Waals surface area contributed by atoms with Gasteiger partial charge in [0.1, 0.15) is 12.1 Å². The van der Waals surface area contributed by atoms with Gasteiger partial charge in [0.2, 0.25) is 11.0 Å². The molecule has 0 aliphatic rings. The topological polar surface area (TPSA) is 90.7 Å². The van der Waals surface area contributed by atoms with Crippen molar-refractivity contribution in [3.05, 3.63) is 0 Å². The number of alkyl halides is 3. The SMILES string of the molecule is CC(Sc1nnc(NCC(F)(F)F)s1)C(=O)NC(C)(C#N)C(C)C. The number of anilines is 1. The molecule has 0 saturated heterocycles. The van der Waals surface area contributed by atoms with Gasteiger partial charge in [-0.25, -0.2) is 0 Å². The van der Waals surface area contributed by atoms with Gasteiger partial charge in [-0.1, -0.05) is 36.9 Å². The Morgan fingerprint density at radius 2 is 2.00 bits per heavy atom. The van der Waals surface area contributed by atoms with E-state index in [4.69, 9.17) is 0 Å². The van der Waals surface area contributed by atoms with Crippen molar-refractivity contribution in [1.29, 1.82) is 5.26 Å². The molecule has 24 heavy (non-hydrogen) atoms. The number of nitrogens with zero attached hydrogens (tertiary/aromatic N) is 3. The van der Waals surface area contributed by atoms with Gasteiger partial charge in [-0.2, -0.15) is 18.4 Å². The number of carbonyl (C=O) groups excluding carboxylic acids is 1. The van der Waals surface area contributed by atoms with Crippen LogP contribution >= 0.6 is 23.1 Å². The summed E-state index contributed by atoms with van der Waals surface area (Å²) in [6, 6.07) is 2.08. The third-order valence-electron chi connectivity index (χ3n) is 3.26. The molecule has 2 N–H and O–H groups in total. The summed E-state index contributed by atoms with van der Waals surface area (Å²) in [5, 5.41) is 20.8. The zero-order valence-electron chi connectivity index (χ0n) is 13.6. The highest BCUT2D eigenvalue weighted by Crippen LogP contribution is 2.30. The molecule has 0 aromatic carbocycles. The Hall–Kier alpha value is -1.54. The normalized spacial score (nSPS) is 15.5. The van der Waals surface area contributed by atoms with Gasteiger partial charge in [-0.05, 0) is 19.8 Å². The van der Waals surface area contributed by atoms with Crippen LogP contribution in [-0.4, -0.2) is 39.6 Å². The summed E-state index contributed by atoms with van der Waals surface area (Å²) in [5.41, 5.74) is -0.994. The molecule has 1 aromatic heterocycles. The standard InChI is InChI=1S/C13H18F3N5OS2/c1-7(2)12(4,5-17)19-9(22)8(3)23-11-21-20-10(24-11)18-6-13(14,15)16/h7-8H,6H2,1-4H3,(H,18,20)(H,19,22). The Labute approximate surface area is 146 Å². The maximum absolute atomic E-state index is 12.2. The molecular formula is C13H18F3N5OS2. The van der Waals surface area contributed by atoms with Crippen LogP contribution in [0.25, 0.3) is 0 Å². The van der Waals surface area contributed by atoms with Crippen molar-refractivity contribution in [2.24, 2.45) is 5.92 Å². The van der Waals surface area contributed by atoms with Crippen LogP contribution in [0.15, 0.2) is 4.34 Å². The summed E-state index contributed by atoms with van der Waals surface area (Å²) in [7, 11) is 0. The predicted molar refractivity (Wildman–Crippen MR) is 86.8 cm³/mol. The Morgan fingerprint density at radius 3 is 2.50 bits per heavy atom. The van der Waals surface area contributed by atoms with Gasteiger partial charge < -0.3 is 10.6 Å². The highest BCUT2D eigenvalue weighted by molar-refractivity contribution is 8.02. The van der Waals surface area contributed by atoms with Crippen molar-refractivity contribution in [3.63, 3.8) is 0 Å². The number of carbonyl (C=O) groups is 1. The average molecular weight is 381 g/mol. The predicted octanol–water partition coefficient (Wildman–Crippen LogP) is 3.05. The van der Waals surface area contributed by atoms with Crippen LogP contribution in [-0.2, 0) is 4.79 Å². The Balaban J connectivity index is 2.62. The van der Waals surface area contributed by atoms with Crippen molar-refractivity contribution in [3.8, 4) is 6.07 Å². The van der Waals surface area contributed by atoms with Crippen LogP contribution in [0.5, 0.6) is 0 Å². The quantitative estimate of drug-likeness (QED) is 0.706. The highest BCUT2D eigenvalue weighted by Gasteiger charge is 2.32. The lowest BCUT2D eigenvalue weighted by Crippen LogP contribution is -2.51. The molecule has 11 heteroatoms. The molecule has 0 aliphatic carbocycles. The lowest BCUT2D eigenvalue weighted by atomic mass is 9.90. The smallest absolute Gasteiger partial charge is 0.351 e. The molecule has 1 aromatic rings. The maximum Gasteiger partial charge on any atom is 0.405 e. The molecule has 0 aliphatic heterocycles. The first-order chi connectivity index (χ1) is 11.0. The molecule has 1 heterocycles. The minimum absolute atomic E-state index is 0.0338. The van der Waals surface area contributed by atoms with Gasteiger partial charge in [-0.15, -0.1) is 10.2 Å². The Morgan fingerprint density at radius 1 is 1.38 bits per heavy atom. The second-order valence-corrected chi connectivity index (χ2v) is 8.13. The summed E-state index contributed by atoms with van der Waals surface area (Å²) in [6.45, 7) is 5.71. The third-order valence-corrected chi connectivity index (χ3v) is 5.33. The number of thioether (sulfide) groups is 1. The molecule has 1 rings (SSSR count). The first kappa shape index (κ1) is 20.5. The van der Waals surface area contributed by atoms with E-state index >= 15 is 0 Å². The van der Waals surface area contributed by atoms with E-state index in [1.165, 1.54) is 0 Å². The molecule has 0 spiro atoms. The van der Waals surface area contributed by atoms with Crippen molar-refractivity contribution >= 4 is 34.1 Å². The summed E-state index contributed by atoms with van der Waals surface area (Å²) < 4.78 is 36.8. The van der Waals surface area contributed by atoms with Crippen LogP contribution in [0.2, 0.25) is 0 Å². The van der Waals surface area contributed by atoms with Crippen molar-refractivity contribution in [1.82, 2.24) is 15.5 Å². The van der Waals surface area contributed by atoms with Gasteiger partial charge in [-0.3, -0.25) is 4.79 Å². The molecule has 2 atom stereocenters. The number of hydrogen-bond acceptors (Lipinski definition) is 7. The van der Waals surface area contributed by atoms with Gasteiger partial charge in [0.15, 0.2) is 4.34 Å². The fourth-order valence-electron chi connectivity index (χ4n) is 1.37. The maximum atomic E-state index is 12.2. The van der Waals surface area contributed by atoms with Crippen molar-refractivity contribution in [2.75, 3.05) is 11.9 Å². The fourth-order valence-corrected chi connectivity index (χ4v) is 3.26. The average Bonchev–Trinajstić information content (AvgIpc) is 2.91. The monoisotopic (exact) mass is 381 g/mol. The summed E-state index contributed by atoms with van der Waals surface area (Å²) >= 11 is 2.00. The van der Waals surface area contributed by atoms with E-state index < -0.39 is 23.5 Å². The van der Waals surface area contributed by atoms with Crippen LogP contribution < -0.4 is 10.6 Å². The van der Waals surface area contributed by atoms with Gasteiger partial charge in [0.05, 0.1) is 11.3 Å². The van der Waals surface area contributed by atoms with Gasteiger partial charge in [0.25, 0.3) is 0 Å². The van der Waals surface area contributed by atoms with E-state index in [9.17, 15) is 23.2 Å². The lowest BCUT2D eigenvalue weighted by molar-refractivity contribution is -0.122. The summed E-state index contributed by atoms with van der Waals surface area (Å²) in [5.74, 6) is -0.430. The summed E-state index contributed by atoms with van der Waals surface area (Å²) in [4.78, 5) is 12.2. The van der Waals surface area contributed by atoms with Gasteiger partial charge >= 0.3 is 6.18 Å². The minimum atomic E-state index is -4.34. The van der Waals surface area contributed by atoms with Crippen LogP contribution in [0.3, 0.4) is 0 Å². The molecule has 1 amide bonds.